The SMILES string of the molecule is CC1CN(C(C)(C)CNC(=O)c2ccc(=O)[nH]c2)CC(C)O1. The molecular weight excluding hydrogens is 282 g/mol. The van der Waals surface area contributed by atoms with E-state index in [2.05, 4.69) is 42.9 Å². The lowest BCUT2D eigenvalue weighted by Gasteiger charge is -2.45. The fraction of sp³-hybridized carbons (Fsp3) is 0.625. The summed E-state index contributed by atoms with van der Waals surface area (Å²) in [5.41, 5.74) is 0.0803. The third kappa shape index (κ3) is 4.18. The van der Waals surface area contributed by atoms with E-state index in [1.807, 2.05) is 0 Å². The average molecular weight is 307 g/mol. The molecule has 1 aromatic heterocycles. The predicted molar refractivity (Wildman–Crippen MR) is 85.1 cm³/mol. The van der Waals surface area contributed by atoms with Gasteiger partial charge in [0.25, 0.3) is 5.91 Å². The third-order valence-electron chi connectivity index (χ3n) is 4.00. The molecule has 1 aromatic rings. The predicted octanol–water partition coefficient (Wildman–Crippen LogP) is 0.993. The van der Waals surface area contributed by atoms with Crippen LogP contribution >= 0.6 is 0 Å². The minimum absolute atomic E-state index is 0.163. The van der Waals surface area contributed by atoms with Gasteiger partial charge >= 0.3 is 0 Å². The minimum atomic E-state index is -0.215. The van der Waals surface area contributed by atoms with E-state index in [0.717, 1.165) is 13.1 Å². The molecule has 0 saturated carbocycles. The van der Waals surface area contributed by atoms with Crippen LogP contribution in [0.5, 0.6) is 0 Å². The molecule has 0 aliphatic carbocycles. The molecule has 6 nitrogen and oxygen atoms in total. The van der Waals surface area contributed by atoms with Crippen molar-refractivity contribution in [1.82, 2.24) is 15.2 Å². The molecule has 0 aromatic carbocycles. The van der Waals surface area contributed by atoms with Crippen LogP contribution in [0.3, 0.4) is 0 Å². The van der Waals surface area contributed by atoms with E-state index < -0.39 is 0 Å². The van der Waals surface area contributed by atoms with Crippen molar-refractivity contribution in [2.45, 2.75) is 45.4 Å². The van der Waals surface area contributed by atoms with E-state index in [9.17, 15) is 9.59 Å². The smallest absolute Gasteiger partial charge is 0.252 e. The lowest BCUT2D eigenvalue weighted by Crippen LogP contribution is -2.58. The van der Waals surface area contributed by atoms with Gasteiger partial charge in [-0.25, -0.2) is 0 Å². The van der Waals surface area contributed by atoms with Crippen LogP contribution in [0, 0.1) is 0 Å². The largest absolute Gasteiger partial charge is 0.373 e. The molecule has 2 N–H and O–H groups in total. The third-order valence-corrected chi connectivity index (χ3v) is 4.00. The van der Waals surface area contributed by atoms with E-state index in [-0.39, 0.29) is 29.2 Å². The Labute approximate surface area is 130 Å². The lowest BCUT2D eigenvalue weighted by molar-refractivity contribution is -0.0948. The number of aromatic nitrogens is 1. The molecule has 2 rings (SSSR count). The molecule has 1 aliphatic heterocycles. The summed E-state index contributed by atoms with van der Waals surface area (Å²) in [5.74, 6) is -0.182. The quantitative estimate of drug-likeness (QED) is 0.870. The molecule has 122 valence electrons. The monoisotopic (exact) mass is 307 g/mol. The van der Waals surface area contributed by atoms with Crippen molar-refractivity contribution >= 4 is 5.91 Å². The second-order valence-electron chi connectivity index (χ2n) is 6.60. The van der Waals surface area contributed by atoms with Gasteiger partial charge in [0.05, 0.1) is 17.8 Å². The van der Waals surface area contributed by atoms with Gasteiger partial charge in [-0.3, -0.25) is 14.5 Å². The summed E-state index contributed by atoms with van der Waals surface area (Å²) < 4.78 is 5.75. The number of morpholine rings is 1. The van der Waals surface area contributed by atoms with E-state index in [0.29, 0.717) is 12.1 Å². The highest BCUT2D eigenvalue weighted by atomic mass is 16.5. The van der Waals surface area contributed by atoms with Gasteiger partial charge in [0.1, 0.15) is 0 Å². The molecule has 2 atom stereocenters. The van der Waals surface area contributed by atoms with Crippen molar-refractivity contribution in [3.63, 3.8) is 0 Å². The van der Waals surface area contributed by atoms with Crippen molar-refractivity contribution in [1.29, 1.82) is 0 Å². The summed E-state index contributed by atoms with van der Waals surface area (Å²) in [6, 6.07) is 2.88. The van der Waals surface area contributed by atoms with Gasteiger partial charge in [-0.1, -0.05) is 0 Å². The summed E-state index contributed by atoms with van der Waals surface area (Å²) in [5, 5.41) is 2.94. The molecule has 0 spiro atoms. The van der Waals surface area contributed by atoms with Gasteiger partial charge < -0.3 is 15.0 Å². The van der Waals surface area contributed by atoms with Crippen LogP contribution in [0.15, 0.2) is 23.1 Å². The molecule has 1 aliphatic rings. The maximum Gasteiger partial charge on any atom is 0.252 e. The first-order valence-corrected chi connectivity index (χ1v) is 7.65. The first-order chi connectivity index (χ1) is 10.3. The highest BCUT2D eigenvalue weighted by Crippen LogP contribution is 2.20. The molecule has 0 bridgehead atoms. The Hall–Kier alpha value is -1.66. The highest BCUT2D eigenvalue weighted by molar-refractivity contribution is 5.93. The number of pyridine rings is 1. The molecule has 2 heterocycles. The van der Waals surface area contributed by atoms with Gasteiger partial charge in [-0.2, -0.15) is 0 Å². The van der Waals surface area contributed by atoms with Crippen molar-refractivity contribution in [2.24, 2.45) is 0 Å². The second-order valence-corrected chi connectivity index (χ2v) is 6.60. The number of hydrogen-bond acceptors (Lipinski definition) is 4. The Bertz CT molecular complexity index is 552. The summed E-state index contributed by atoms with van der Waals surface area (Å²) in [7, 11) is 0. The molecule has 6 heteroatoms. The Morgan fingerprint density at radius 1 is 1.36 bits per heavy atom. The number of carbonyl (C=O) groups excluding carboxylic acids is 1. The van der Waals surface area contributed by atoms with E-state index >= 15 is 0 Å². The topological polar surface area (TPSA) is 74.4 Å². The standard InChI is InChI=1S/C16H25N3O3/c1-11-8-19(9-12(2)22-11)16(3,4)10-18-15(21)13-5-6-14(20)17-7-13/h5-7,11-12H,8-10H2,1-4H3,(H,17,20)(H,18,21). The Morgan fingerprint density at radius 3 is 2.55 bits per heavy atom. The summed E-state index contributed by atoms with van der Waals surface area (Å²) >= 11 is 0. The first kappa shape index (κ1) is 16.7. The number of rotatable bonds is 4. The summed E-state index contributed by atoms with van der Waals surface area (Å²) in [4.78, 5) is 28.0. The molecule has 1 amide bonds. The van der Waals surface area contributed by atoms with Crippen LogP contribution in [0.2, 0.25) is 0 Å². The zero-order valence-electron chi connectivity index (χ0n) is 13.7. The molecule has 22 heavy (non-hydrogen) atoms. The Balaban J connectivity index is 1.95. The van der Waals surface area contributed by atoms with Crippen LogP contribution in [0.4, 0.5) is 0 Å². The van der Waals surface area contributed by atoms with Crippen LogP contribution in [-0.2, 0) is 4.74 Å². The summed E-state index contributed by atoms with van der Waals surface area (Å²) in [6.07, 6.45) is 1.82. The number of nitrogens with zero attached hydrogens (tertiary/aromatic N) is 1. The Kier molecular flexibility index (Phi) is 5.03. The van der Waals surface area contributed by atoms with Crippen molar-refractivity contribution in [3.05, 3.63) is 34.2 Å². The second kappa shape index (κ2) is 6.62. The van der Waals surface area contributed by atoms with E-state index in [1.165, 1.54) is 18.3 Å². The van der Waals surface area contributed by atoms with Crippen LogP contribution in [0.1, 0.15) is 38.1 Å². The fourth-order valence-electron chi connectivity index (χ4n) is 2.73. The number of hydrogen-bond donors (Lipinski definition) is 2. The van der Waals surface area contributed by atoms with Gasteiger partial charge in [0.15, 0.2) is 0 Å². The molecule has 1 saturated heterocycles. The minimum Gasteiger partial charge on any atom is -0.373 e. The number of aromatic amines is 1. The van der Waals surface area contributed by atoms with E-state index in [1.54, 1.807) is 0 Å². The maximum absolute atomic E-state index is 12.1. The van der Waals surface area contributed by atoms with E-state index in [4.69, 9.17) is 4.74 Å². The fourth-order valence-corrected chi connectivity index (χ4v) is 2.73. The van der Waals surface area contributed by atoms with Gasteiger partial charge in [0.2, 0.25) is 5.56 Å². The summed E-state index contributed by atoms with van der Waals surface area (Å²) in [6.45, 7) is 10.6. The number of amides is 1. The molecule has 2 unspecified atom stereocenters. The number of nitrogens with one attached hydrogen (secondary N) is 2. The average Bonchev–Trinajstić information content (AvgIpc) is 2.44. The van der Waals surface area contributed by atoms with Gasteiger partial charge in [0, 0.05) is 37.4 Å². The maximum atomic E-state index is 12.1. The van der Waals surface area contributed by atoms with Crippen molar-refractivity contribution < 1.29 is 9.53 Å². The normalized spacial score (nSPS) is 23.3. The molecular formula is C16H25N3O3. The van der Waals surface area contributed by atoms with Crippen molar-refractivity contribution in [2.75, 3.05) is 19.6 Å². The van der Waals surface area contributed by atoms with Crippen LogP contribution in [-0.4, -0.2) is 53.2 Å². The Morgan fingerprint density at radius 2 is 2.00 bits per heavy atom. The molecule has 1 fully saturated rings. The van der Waals surface area contributed by atoms with Crippen LogP contribution in [0.25, 0.3) is 0 Å². The first-order valence-electron chi connectivity index (χ1n) is 7.65. The number of ether oxygens (including phenoxy) is 1. The van der Waals surface area contributed by atoms with Gasteiger partial charge in [-0.15, -0.1) is 0 Å². The zero-order chi connectivity index (χ0) is 16.3. The van der Waals surface area contributed by atoms with Crippen LogP contribution < -0.4 is 10.9 Å². The molecule has 0 radical (unpaired) electrons. The van der Waals surface area contributed by atoms with Crippen molar-refractivity contribution in [3.8, 4) is 0 Å². The zero-order valence-corrected chi connectivity index (χ0v) is 13.7. The number of carbonyl (C=O) groups is 1. The number of H-pyrrole nitrogens is 1. The lowest BCUT2D eigenvalue weighted by atomic mass is 10.00. The highest BCUT2D eigenvalue weighted by Gasteiger charge is 2.33. The van der Waals surface area contributed by atoms with Gasteiger partial charge in [-0.05, 0) is 33.8 Å².